The van der Waals surface area contributed by atoms with Crippen LogP contribution in [0.25, 0.3) is 0 Å². The Bertz CT molecular complexity index is 971. The van der Waals surface area contributed by atoms with E-state index in [-0.39, 0.29) is 21.5 Å². The monoisotopic (exact) mass is 436 g/mol. The molecule has 0 bridgehead atoms. The highest BCUT2D eigenvalue weighted by Gasteiger charge is 2.27. The lowest BCUT2D eigenvalue weighted by Crippen LogP contribution is -2.35. The zero-order valence-corrected chi connectivity index (χ0v) is 18.1. The lowest BCUT2D eigenvalue weighted by Gasteiger charge is -2.26. The van der Waals surface area contributed by atoms with Crippen molar-refractivity contribution in [1.82, 2.24) is 9.62 Å². The van der Waals surface area contributed by atoms with Gasteiger partial charge in [0.15, 0.2) is 0 Å². The van der Waals surface area contributed by atoms with Gasteiger partial charge in [0.2, 0.25) is 10.0 Å². The molecular weight excluding hydrogens is 412 g/mol. The van der Waals surface area contributed by atoms with Gasteiger partial charge in [0.1, 0.15) is 5.75 Å². The molecule has 6 nitrogen and oxygen atoms in total. The van der Waals surface area contributed by atoms with E-state index in [1.54, 1.807) is 7.11 Å². The number of amides is 1. The van der Waals surface area contributed by atoms with Crippen LogP contribution in [0.3, 0.4) is 0 Å². The summed E-state index contributed by atoms with van der Waals surface area (Å²) >= 11 is 6.21. The van der Waals surface area contributed by atoms with Crippen molar-refractivity contribution in [1.29, 1.82) is 0 Å². The van der Waals surface area contributed by atoms with Gasteiger partial charge >= 0.3 is 0 Å². The first kappa shape index (κ1) is 21.6. The Hall–Kier alpha value is -2.09. The number of hydrogen-bond donors (Lipinski definition) is 1. The van der Waals surface area contributed by atoms with E-state index in [0.29, 0.717) is 13.1 Å². The van der Waals surface area contributed by atoms with Gasteiger partial charge in [-0.3, -0.25) is 4.79 Å². The van der Waals surface area contributed by atoms with Crippen LogP contribution in [-0.4, -0.2) is 38.8 Å². The third-order valence-electron chi connectivity index (χ3n) is 5.10. The maximum Gasteiger partial charge on any atom is 0.253 e. The first-order valence-electron chi connectivity index (χ1n) is 9.57. The second-order valence-corrected chi connectivity index (χ2v) is 9.42. The van der Waals surface area contributed by atoms with Crippen LogP contribution in [0.2, 0.25) is 5.02 Å². The number of halogens is 1. The molecule has 2 aromatic rings. The zero-order valence-electron chi connectivity index (χ0n) is 16.5. The van der Waals surface area contributed by atoms with Gasteiger partial charge < -0.3 is 10.1 Å². The third kappa shape index (κ3) is 4.91. The van der Waals surface area contributed by atoms with Crippen molar-refractivity contribution in [3.05, 3.63) is 58.6 Å². The normalized spacial score (nSPS) is 16.2. The van der Waals surface area contributed by atoms with E-state index in [1.165, 1.54) is 22.5 Å². The number of carbonyl (C=O) groups excluding carboxylic acids is 1. The van der Waals surface area contributed by atoms with Crippen LogP contribution in [0, 0.1) is 0 Å². The fourth-order valence-corrected chi connectivity index (χ4v) is 5.09. The molecule has 1 heterocycles. The second kappa shape index (κ2) is 9.15. The Balaban J connectivity index is 1.80. The van der Waals surface area contributed by atoms with E-state index in [2.05, 4.69) is 5.32 Å². The fourth-order valence-electron chi connectivity index (χ4n) is 3.34. The molecule has 29 heavy (non-hydrogen) atoms. The maximum atomic E-state index is 12.9. The highest BCUT2D eigenvalue weighted by Crippen LogP contribution is 2.26. The number of nitrogens with one attached hydrogen (secondary N) is 1. The Labute approximate surface area is 176 Å². The van der Waals surface area contributed by atoms with Gasteiger partial charge in [0.05, 0.1) is 28.6 Å². The standard InChI is InChI=1S/C21H25ClN2O4S/c1-15(16-6-8-17(28-2)9-7-16)23-21(25)19-14-18(10-11-20(19)22)29(26,27)24-12-4-3-5-13-24/h6-11,14-15H,3-5,12-13H2,1-2H3,(H,23,25). The summed E-state index contributed by atoms with van der Waals surface area (Å²) in [5, 5.41) is 3.09. The largest absolute Gasteiger partial charge is 0.497 e. The van der Waals surface area contributed by atoms with Crippen molar-refractivity contribution >= 4 is 27.5 Å². The predicted octanol–water partition coefficient (Wildman–Crippen LogP) is 4.01. The number of piperidine rings is 1. The SMILES string of the molecule is COc1ccc(C(C)NC(=O)c2cc(S(=O)(=O)N3CCCCC3)ccc2Cl)cc1. The summed E-state index contributed by atoms with van der Waals surface area (Å²) in [4.78, 5) is 12.9. The van der Waals surface area contributed by atoms with Crippen LogP contribution < -0.4 is 10.1 Å². The molecule has 1 amide bonds. The average molecular weight is 437 g/mol. The molecule has 1 unspecified atom stereocenters. The van der Waals surface area contributed by atoms with Crippen molar-refractivity contribution in [3.8, 4) is 5.75 Å². The van der Waals surface area contributed by atoms with Crippen LogP contribution >= 0.6 is 11.6 Å². The van der Waals surface area contributed by atoms with Crippen LogP contribution in [0.1, 0.15) is 48.1 Å². The summed E-state index contributed by atoms with van der Waals surface area (Å²) in [5.41, 5.74) is 1.04. The van der Waals surface area contributed by atoms with Crippen LogP contribution in [-0.2, 0) is 10.0 Å². The number of methoxy groups -OCH3 is 1. The van der Waals surface area contributed by atoms with E-state index in [1.807, 2.05) is 31.2 Å². The average Bonchev–Trinajstić information content (AvgIpc) is 2.74. The summed E-state index contributed by atoms with van der Waals surface area (Å²) in [5.74, 6) is 0.306. The lowest BCUT2D eigenvalue weighted by molar-refractivity contribution is 0.0940. The number of rotatable bonds is 6. The Morgan fingerprint density at radius 1 is 1.10 bits per heavy atom. The molecule has 0 radical (unpaired) electrons. The second-order valence-electron chi connectivity index (χ2n) is 7.07. The van der Waals surface area contributed by atoms with Crippen molar-refractivity contribution < 1.29 is 17.9 Å². The van der Waals surface area contributed by atoms with E-state index >= 15 is 0 Å². The molecule has 2 aromatic carbocycles. The summed E-state index contributed by atoms with van der Waals surface area (Å²) in [7, 11) is -2.05. The summed E-state index contributed by atoms with van der Waals surface area (Å²) in [6.45, 7) is 2.85. The number of benzene rings is 2. The molecule has 0 saturated carbocycles. The predicted molar refractivity (Wildman–Crippen MR) is 113 cm³/mol. The summed E-state index contributed by atoms with van der Waals surface area (Å²) in [6, 6.07) is 11.4. The number of nitrogens with zero attached hydrogens (tertiary/aromatic N) is 1. The van der Waals surface area contributed by atoms with Crippen molar-refractivity contribution in [3.63, 3.8) is 0 Å². The molecule has 1 N–H and O–H groups in total. The summed E-state index contributed by atoms with van der Waals surface area (Å²) < 4.78 is 32.5. The van der Waals surface area contributed by atoms with Crippen molar-refractivity contribution in [2.24, 2.45) is 0 Å². The molecule has 0 spiro atoms. The Morgan fingerprint density at radius 2 is 1.76 bits per heavy atom. The molecule has 156 valence electrons. The topological polar surface area (TPSA) is 75.7 Å². The number of hydrogen-bond acceptors (Lipinski definition) is 4. The molecule has 1 aliphatic rings. The van der Waals surface area contributed by atoms with Gasteiger partial charge in [-0.1, -0.05) is 30.2 Å². The van der Waals surface area contributed by atoms with Gasteiger partial charge in [-0.15, -0.1) is 0 Å². The number of sulfonamides is 1. The fraction of sp³-hybridized carbons (Fsp3) is 0.381. The minimum Gasteiger partial charge on any atom is -0.497 e. The number of ether oxygens (including phenoxy) is 1. The molecule has 1 aliphatic heterocycles. The number of carbonyl (C=O) groups is 1. The molecule has 1 saturated heterocycles. The Morgan fingerprint density at radius 3 is 2.38 bits per heavy atom. The van der Waals surface area contributed by atoms with E-state index in [9.17, 15) is 13.2 Å². The van der Waals surface area contributed by atoms with Gasteiger partial charge in [0.25, 0.3) is 5.91 Å². The Kier molecular flexibility index (Phi) is 6.82. The first-order chi connectivity index (χ1) is 13.8. The first-order valence-corrected chi connectivity index (χ1v) is 11.4. The molecular formula is C21H25ClN2O4S. The summed E-state index contributed by atoms with van der Waals surface area (Å²) in [6.07, 6.45) is 2.72. The maximum absolute atomic E-state index is 12.9. The van der Waals surface area contributed by atoms with E-state index in [0.717, 1.165) is 30.6 Å². The zero-order chi connectivity index (χ0) is 21.0. The minimum absolute atomic E-state index is 0.0889. The highest BCUT2D eigenvalue weighted by molar-refractivity contribution is 7.89. The molecule has 0 aliphatic carbocycles. The van der Waals surface area contributed by atoms with Gasteiger partial charge in [-0.25, -0.2) is 8.42 Å². The smallest absolute Gasteiger partial charge is 0.253 e. The van der Waals surface area contributed by atoms with E-state index < -0.39 is 15.9 Å². The van der Waals surface area contributed by atoms with Gasteiger partial charge in [0, 0.05) is 13.1 Å². The van der Waals surface area contributed by atoms with E-state index in [4.69, 9.17) is 16.3 Å². The molecule has 3 rings (SSSR count). The van der Waals surface area contributed by atoms with Crippen molar-refractivity contribution in [2.75, 3.05) is 20.2 Å². The van der Waals surface area contributed by atoms with Crippen LogP contribution in [0.15, 0.2) is 47.4 Å². The van der Waals surface area contributed by atoms with Gasteiger partial charge in [-0.05, 0) is 55.7 Å². The van der Waals surface area contributed by atoms with Gasteiger partial charge in [-0.2, -0.15) is 4.31 Å². The van der Waals surface area contributed by atoms with Crippen molar-refractivity contribution in [2.45, 2.75) is 37.1 Å². The highest BCUT2D eigenvalue weighted by atomic mass is 35.5. The minimum atomic E-state index is -3.64. The molecule has 8 heteroatoms. The quantitative estimate of drug-likeness (QED) is 0.742. The molecule has 1 fully saturated rings. The third-order valence-corrected chi connectivity index (χ3v) is 7.32. The molecule has 1 atom stereocenters. The van der Waals surface area contributed by atoms with Crippen LogP contribution in [0.4, 0.5) is 0 Å². The molecule has 0 aromatic heterocycles. The lowest BCUT2D eigenvalue weighted by atomic mass is 10.1. The van der Waals surface area contributed by atoms with Crippen LogP contribution in [0.5, 0.6) is 5.75 Å².